The molecular formula is C16H19ClN4. The van der Waals surface area contributed by atoms with Gasteiger partial charge in [0.05, 0.1) is 5.69 Å². The summed E-state index contributed by atoms with van der Waals surface area (Å²) < 4.78 is 2.03. The van der Waals surface area contributed by atoms with E-state index < -0.39 is 0 Å². The zero-order valence-electron chi connectivity index (χ0n) is 12.4. The van der Waals surface area contributed by atoms with Gasteiger partial charge in [-0.05, 0) is 37.0 Å². The second kappa shape index (κ2) is 4.73. The molecule has 0 saturated heterocycles. The normalized spacial score (nSPS) is 18.0. The summed E-state index contributed by atoms with van der Waals surface area (Å²) in [6, 6.07) is 4.23. The largest absolute Gasteiger partial charge is 0.352 e. The molecule has 110 valence electrons. The van der Waals surface area contributed by atoms with Crippen molar-refractivity contribution in [3.63, 3.8) is 0 Å². The van der Waals surface area contributed by atoms with Gasteiger partial charge in [0.2, 0.25) is 0 Å². The van der Waals surface area contributed by atoms with Crippen LogP contribution in [-0.2, 0) is 20.0 Å². The maximum atomic E-state index is 6.07. The van der Waals surface area contributed by atoms with Crippen molar-refractivity contribution in [2.24, 2.45) is 7.05 Å². The van der Waals surface area contributed by atoms with Crippen molar-refractivity contribution in [2.75, 3.05) is 11.4 Å². The topological polar surface area (TPSA) is 34.0 Å². The minimum Gasteiger partial charge on any atom is -0.352 e. The van der Waals surface area contributed by atoms with Gasteiger partial charge in [-0.15, -0.1) is 0 Å². The number of aryl methyl sites for hydroxylation is 2. The fourth-order valence-electron chi connectivity index (χ4n) is 3.20. The van der Waals surface area contributed by atoms with Crippen LogP contribution in [0, 0.1) is 6.92 Å². The van der Waals surface area contributed by atoms with Gasteiger partial charge in [-0.1, -0.05) is 11.6 Å². The van der Waals surface area contributed by atoms with Crippen LogP contribution in [0.4, 0.5) is 5.82 Å². The molecule has 0 spiro atoms. The molecule has 2 aliphatic rings. The standard InChI is InChI=1S/C16H19ClN4/c1-10-7-15(17)18-13-5-6-21(9-12(10)13)16-8-14(11-3-4-11)19-20(16)2/h7-8,11H,3-6,9H2,1-2H3. The Hall–Kier alpha value is -1.55. The van der Waals surface area contributed by atoms with Gasteiger partial charge in [0.15, 0.2) is 0 Å². The summed E-state index contributed by atoms with van der Waals surface area (Å²) in [6.07, 6.45) is 3.53. The maximum absolute atomic E-state index is 6.07. The number of hydrogen-bond donors (Lipinski definition) is 0. The molecule has 5 heteroatoms. The number of aromatic nitrogens is 3. The molecular weight excluding hydrogens is 284 g/mol. The summed E-state index contributed by atoms with van der Waals surface area (Å²) in [5, 5.41) is 5.29. The minimum atomic E-state index is 0.608. The molecule has 3 heterocycles. The summed E-state index contributed by atoms with van der Waals surface area (Å²) in [5.41, 5.74) is 4.96. The molecule has 2 aromatic heterocycles. The van der Waals surface area contributed by atoms with Gasteiger partial charge in [0.1, 0.15) is 11.0 Å². The second-order valence-corrected chi connectivity index (χ2v) is 6.57. The van der Waals surface area contributed by atoms with Crippen LogP contribution in [0.25, 0.3) is 0 Å². The van der Waals surface area contributed by atoms with E-state index in [4.69, 9.17) is 11.6 Å². The van der Waals surface area contributed by atoms with E-state index in [1.54, 1.807) is 0 Å². The minimum absolute atomic E-state index is 0.608. The maximum Gasteiger partial charge on any atom is 0.129 e. The molecule has 4 rings (SSSR count). The number of pyridine rings is 1. The van der Waals surface area contributed by atoms with E-state index in [0.717, 1.165) is 25.2 Å². The van der Waals surface area contributed by atoms with Crippen LogP contribution in [-0.4, -0.2) is 21.3 Å². The van der Waals surface area contributed by atoms with E-state index in [2.05, 4.69) is 28.0 Å². The smallest absolute Gasteiger partial charge is 0.129 e. The summed E-state index contributed by atoms with van der Waals surface area (Å²) in [7, 11) is 2.05. The molecule has 1 aliphatic carbocycles. The predicted octanol–water partition coefficient (Wildman–Crippen LogP) is 3.22. The highest BCUT2D eigenvalue weighted by Gasteiger charge is 2.29. The van der Waals surface area contributed by atoms with Crippen molar-refractivity contribution < 1.29 is 0 Å². The summed E-state index contributed by atoms with van der Waals surface area (Å²) in [5.74, 6) is 1.92. The molecule has 0 amide bonds. The quantitative estimate of drug-likeness (QED) is 0.799. The number of anilines is 1. The van der Waals surface area contributed by atoms with Gasteiger partial charge >= 0.3 is 0 Å². The Balaban J connectivity index is 1.66. The van der Waals surface area contributed by atoms with Crippen LogP contribution in [0.1, 0.15) is 41.3 Å². The Morgan fingerprint density at radius 2 is 2.10 bits per heavy atom. The zero-order valence-corrected chi connectivity index (χ0v) is 13.2. The molecule has 0 N–H and O–H groups in total. The van der Waals surface area contributed by atoms with E-state index in [-0.39, 0.29) is 0 Å². The Morgan fingerprint density at radius 1 is 1.29 bits per heavy atom. The molecule has 0 unspecified atom stereocenters. The van der Waals surface area contributed by atoms with Crippen LogP contribution in [0.15, 0.2) is 12.1 Å². The molecule has 2 aromatic rings. The average Bonchev–Trinajstić information content (AvgIpc) is 3.22. The molecule has 0 aromatic carbocycles. The number of hydrogen-bond acceptors (Lipinski definition) is 3. The Bertz CT molecular complexity index is 703. The van der Waals surface area contributed by atoms with E-state index in [9.17, 15) is 0 Å². The fourth-order valence-corrected chi connectivity index (χ4v) is 3.47. The Labute approximate surface area is 129 Å². The Morgan fingerprint density at radius 3 is 2.86 bits per heavy atom. The SMILES string of the molecule is Cc1cc(Cl)nc2c1CN(c1cc(C3CC3)nn1C)CC2. The molecule has 1 saturated carbocycles. The third-order valence-electron chi connectivity index (χ3n) is 4.56. The molecule has 1 aliphatic heterocycles. The number of halogens is 1. The molecule has 1 fully saturated rings. The molecule has 0 bridgehead atoms. The van der Waals surface area contributed by atoms with Crippen LogP contribution >= 0.6 is 11.6 Å². The summed E-state index contributed by atoms with van der Waals surface area (Å²) in [6.45, 7) is 3.99. The molecule has 0 radical (unpaired) electrons. The first-order valence-corrected chi connectivity index (χ1v) is 7.93. The van der Waals surface area contributed by atoms with Gasteiger partial charge in [-0.3, -0.25) is 4.68 Å². The lowest BCUT2D eigenvalue weighted by atomic mass is 10.0. The lowest BCUT2D eigenvalue weighted by molar-refractivity contribution is 0.655. The van der Waals surface area contributed by atoms with Crippen molar-refractivity contribution in [1.82, 2.24) is 14.8 Å². The second-order valence-electron chi connectivity index (χ2n) is 6.18. The first kappa shape index (κ1) is 13.1. The molecule has 0 atom stereocenters. The van der Waals surface area contributed by atoms with Gasteiger partial charge in [0.25, 0.3) is 0 Å². The number of rotatable bonds is 2. The van der Waals surface area contributed by atoms with Crippen LogP contribution in [0.3, 0.4) is 0 Å². The predicted molar refractivity (Wildman–Crippen MR) is 83.9 cm³/mol. The first-order chi connectivity index (χ1) is 10.1. The highest BCUT2D eigenvalue weighted by Crippen LogP contribution is 2.40. The van der Waals surface area contributed by atoms with Gasteiger partial charge < -0.3 is 4.90 Å². The third kappa shape index (κ3) is 2.31. The van der Waals surface area contributed by atoms with Gasteiger partial charge in [-0.2, -0.15) is 5.10 Å². The number of nitrogens with zero attached hydrogens (tertiary/aromatic N) is 4. The van der Waals surface area contributed by atoms with E-state index in [0.29, 0.717) is 11.1 Å². The van der Waals surface area contributed by atoms with Crippen molar-refractivity contribution in [3.05, 3.63) is 39.8 Å². The van der Waals surface area contributed by atoms with Crippen molar-refractivity contribution in [1.29, 1.82) is 0 Å². The van der Waals surface area contributed by atoms with Crippen molar-refractivity contribution in [2.45, 2.75) is 38.6 Å². The Kier molecular flexibility index (Phi) is 2.96. The monoisotopic (exact) mass is 302 g/mol. The van der Waals surface area contributed by atoms with E-state index >= 15 is 0 Å². The highest BCUT2D eigenvalue weighted by molar-refractivity contribution is 6.29. The highest BCUT2D eigenvalue weighted by atomic mass is 35.5. The lowest BCUT2D eigenvalue weighted by Crippen LogP contribution is -2.33. The van der Waals surface area contributed by atoms with Crippen molar-refractivity contribution >= 4 is 17.4 Å². The average molecular weight is 303 g/mol. The summed E-state index contributed by atoms with van der Waals surface area (Å²) >= 11 is 6.07. The van der Waals surface area contributed by atoms with Crippen LogP contribution in [0.5, 0.6) is 0 Å². The van der Waals surface area contributed by atoms with Crippen LogP contribution < -0.4 is 4.90 Å². The lowest BCUT2D eigenvalue weighted by Gasteiger charge is -2.30. The van der Waals surface area contributed by atoms with Crippen LogP contribution in [0.2, 0.25) is 5.15 Å². The van der Waals surface area contributed by atoms with E-state index in [1.165, 1.54) is 35.5 Å². The van der Waals surface area contributed by atoms with Crippen molar-refractivity contribution in [3.8, 4) is 0 Å². The van der Waals surface area contributed by atoms with Gasteiger partial charge in [0, 0.05) is 44.2 Å². The fraction of sp³-hybridized carbons (Fsp3) is 0.500. The molecule has 4 nitrogen and oxygen atoms in total. The third-order valence-corrected chi connectivity index (χ3v) is 4.76. The van der Waals surface area contributed by atoms with Gasteiger partial charge in [-0.25, -0.2) is 4.98 Å². The molecule has 21 heavy (non-hydrogen) atoms. The number of fused-ring (bicyclic) bond motifs is 1. The summed E-state index contributed by atoms with van der Waals surface area (Å²) in [4.78, 5) is 6.89. The zero-order chi connectivity index (χ0) is 14.6. The first-order valence-electron chi connectivity index (χ1n) is 7.55. The van der Waals surface area contributed by atoms with E-state index in [1.807, 2.05) is 17.8 Å².